The standard InChI is InChI=1S/C24H26N4O4/c1-4-32-23(30)21-14-16(2)28(17(21)3)15-22(29)25-19-10-12-20(13-11-19)27-24(31)26-18-8-6-5-7-9-18/h5-14H,4,15H2,1-3H3,(H,25,29)(H2,26,27,31). The number of aromatic nitrogens is 1. The van der Waals surface area contributed by atoms with Crippen LogP contribution in [0.25, 0.3) is 0 Å². The summed E-state index contributed by atoms with van der Waals surface area (Å²) in [6.07, 6.45) is 0. The Morgan fingerprint density at radius 3 is 2.00 bits per heavy atom. The second-order valence-electron chi connectivity index (χ2n) is 7.16. The summed E-state index contributed by atoms with van der Waals surface area (Å²) in [7, 11) is 0. The van der Waals surface area contributed by atoms with Crippen molar-refractivity contribution >= 4 is 35.0 Å². The molecular weight excluding hydrogens is 408 g/mol. The Bertz CT molecular complexity index is 1110. The first kappa shape index (κ1) is 22.6. The fourth-order valence-electron chi connectivity index (χ4n) is 3.26. The van der Waals surface area contributed by atoms with E-state index in [1.807, 2.05) is 25.1 Å². The molecule has 0 spiro atoms. The Balaban J connectivity index is 1.57. The monoisotopic (exact) mass is 434 g/mol. The first-order valence-electron chi connectivity index (χ1n) is 10.2. The third-order valence-electron chi connectivity index (χ3n) is 4.83. The molecule has 0 aliphatic rings. The molecule has 1 aromatic heterocycles. The van der Waals surface area contributed by atoms with Crippen molar-refractivity contribution in [2.24, 2.45) is 0 Å². The number of hydrogen-bond acceptors (Lipinski definition) is 4. The molecule has 8 nitrogen and oxygen atoms in total. The normalized spacial score (nSPS) is 10.3. The lowest BCUT2D eigenvalue weighted by Gasteiger charge is -2.11. The predicted molar refractivity (Wildman–Crippen MR) is 124 cm³/mol. The number of nitrogens with zero attached hydrogens (tertiary/aromatic N) is 1. The van der Waals surface area contributed by atoms with Gasteiger partial charge in [0.15, 0.2) is 0 Å². The lowest BCUT2D eigenvalue weighted by Crippen LogP contribution is -2.21. The first-order valence-corrected chi connectivity index (χ1v) is 10.2. The second kappa shape index (κ2) is 10.3. The van der Waals surface area contributed by atoms with Crippen LogP contribution in [0.1, 0.15) is 28.7 Å². The van der Waals surface area contributed by atoms with Crippen molar-refractivity contribution < 1.29 is 19.1 Å². The van der Waals surface area contributed by atoms with Gasteiger partial charge in [0.2, 0.25) is 5.91 Å². The van der Waals surface area contributed by atoms with Gasteiger partial charge in [-0.1, -0.05) is 18.2 Å². The minimum absolute atomic E-state index is 0.0660. The van der Waals surface area contributed by atoms with E-state index in [0.29, 0.717) is 34.9 Å². The molecule has 0 bridgehead atoms. The molecule has 0 aliphatic heterocycles. The van der Waals surface area contributed by atoms with E-state index in [1.54, 1.807) is 60.9 Å². The number of esters is 1. The average Bonchev–Trinajstić information content (AvgIpc) is 3.04. The Hall–Kier alpha value is -4.07. The lowest BCUT2D eigenvalue weighted by molar-refractivity contribution is -0.116. The van der Waals surface area contributed by atoms with Crippen molar-refractivity contribution in [3.8, 4) is 0 Å². The number of rotatable bonds is 7. The van der Waals surface area contributed by atoms with E-state index in [2.05, 4.69) is 16.0 Å². The Kier molecular flexibility index (Phi) is 7.28. The van der Waals surface area contributed by atoms with Crippen LogP contribution in [0.3, 0.4) is 0 Å². The van der Waals surface area contributed by atoms with Gasteiger partial charge in [-0.25, -0.2) is 9.59 Å². The molecule has 0 saturated heterocycles. The summed E-state index contributed by atoms with van der Waals surface area (Å²) in [5.41, 5.74) is 3.81. The van der Waals surface area contributed by atoms with Crippen molar-refractivity contribution in [3.05, 3.63) is 77.6 Å². The molecule has 0 unspecified atom stereocenters. The summed E-state index contributed by atoms with van der Waals surface area (Å²) in [5.74, 6) is -0.628. The average molecular weight is 434 g/mol. The third-order valence-corrected chi connectivity index (χ3v) is 4.83. The maximum Gasteiger partial charge on any atom is 0.339 e. The summed E-state index contributed by atoms with van der Waals surface area (Å²) in [4.78, 5) is 36.7. The minimum Gasteiger partial charge on any atom is -0.462 e. The fraction of sp³-hybridized carbons (Fsp3) is 0.208. The van der Waals surface area contributed by atoms with Crippen molar-refractivity contribution in [2.75, 3.05) is 22.6 Å². The SMILES string of the molecule is CCOC(=O)c1cc(C)n(CC(=O)Nc2ccc(NC(=O)Nc3ccccc3)cc2)c1C. The summed E-state index contributed by atoms with van der Waals surface area (Å²) < 4.78 is 6.83. The summed E-state index contributed by atoms with van der Waals surface area (Å²) in [6, 6.07) is 17.3. The molecule has 0 fully saturated rings. The largest absolute Gasteiger partial charge is 0.462 e. The third kappa shape index (κ3) is 5.75. The zero-order valence-corrected chi connectivity index (χ0v) is 18.3. The lowest BCUT2D eigenvalue weighted by atomic mass is 10.2. The summed E-state index contributed by atoms with van der Waals surface area (Å²) in [6.45, 7) is 5.73. The number of ether oxygens (including phenoxy) is 1. The molecule has 32 heavy (non-hydrogen) atoms. The molecule has 3 rings (SSSR count). The highest BCUT2D eigenvalue weighted by Gasteiger charge is 2.18. The van der Waals surface area contributed by atoms with E-state index in [-0.39, 0.29) is 18.5 Å². The maximum atomic E-state index is 12.5. The molecule has 3 aromatic rings. The van der Waals surface area contributed by atoms with Crippen LogP contribution in [0.2, 0.25) is 0 Å². The van der Waals surface area contributed by atoms with Gasteiger partial charge in [-0.05, 0) is 63.2 Å². The number of carbonyl (C=O) groups is 3. The number of carbonyl (C=O) groups excluding carboxylic acids is 3. The molecule has 8 heteroatoms. The van der Waals surface area contributed by atoms with Crippen LogP contribution in [0.15, 0.2) is 60.7 Å². The van der Waals surface area contributed by atoms with Gasteiger partial charge in [-0.15, -0.1) is 0 Å². The topological polar surface area (TPSA) is 101 Å². The Labute approximate surface area is 186 Å². The predicted octanol–water partition coefficient (Wildman–Crippen LogP) is 4.56. The van der Waals surface area contributed by atoms with Crippen molar-refractivity contribution in [3.63, 3.8) is 0 Å². The molecule has 3 amide bonds. The van der Waals surface area contributed by atoms with Gasteiger partial charge in [-0.3, -0.25) is 4.79 Å². The van der Waals surface area contributed by atoms with Crippen LogP contribution in [0, 0.1) is 13.8 Å². The minimum atomic E-state index is -0.397. The first-order chi connectivity index (χ1) is 15.4. The zero-order chi connectivity index (χ0) is 23.1. The van der Waals surface area contributed by atoms with Crippen molar-refractivity contribution in [2.45, 2.75) is 27.3 Å². The van der Waals surface area contributed by atoms with Crippen LogP contribution >= 0.6 is 0 Å². The van der Waals surface area contributed by atoms with Gasteiger partial charge >= 0.3 is 12.0 Å². The molecule has 0 radical (unpaired) electrons. The zero-order valence-electron chi connectivity index (χ0n) is 18.3. The van der Waals surface area contributed by atoms with Crippen LogP contribution in [-0.4, -0.2) is 29.1 Å². The molecule has 0 atom stereocenters. The molecule has 1 heterocycles. The summed E-state index contributed by atoms with van der Waals surface area (Å²) >= 11 is 0. The van der Waals surface area contributed by atoms with E-state index in [1.165, 1.54) is 0 Å². The number of aryl methyl sites for hydroxylation is 1. The Morgan fingerprint density at radius 2 is 1.41 bits per heavy atom. The van der Waals surface area contributed by atoms with E-state index < -0.39 is 5.97 Å². The van der Waals surface area contributed by atoms with Crippen LogP contribution in [0.5, 0.6) is 0 Å². The van der Waals surface area contributed by atoms with Gasteiger partial charge in [0.25, 0.3) is 0 Å². The number of amides is 3. The smallest absolute Gasteiger partial charge is 0.339 e. The highest BCUT2D eigenvalue weighted by molar-refractivity contribution is 6.00. The second-order valence-corrected chi connectivity index (χ2v) is 7.16. The number of anilines is 3. The van der Waals surface area contributed by atoms with Crippen LogP contribution < -0.4 is 16.0 Å². The highest BCUT2D eigenvalue weighted by Crippen LogP contribution is 2.18. The van der Waals surface area contributed by atoms with Gasteiger partial charge in [0.05, 0.1) is 12.2 Å². The molecule has 3 N–H and O–H groups in total. The maximum absolute atomic E-state index is 12.5. The van der Waals surface area contributed by atoms with Crippen molar-refractivity contribution in [1.29, 1.82) is 0 Å². The van der Waals surface area contributed by atoms with E-state index in [9.17, 15) is 14.4 Å². The number of para-hydroxylation sites is 1. The quantitative estimate of drug-likeness (QED) is 0.474. The number of hydrogen-bond donors (Lipinski definition) is 3. The van der Waals surface area contributed by atoms with E-state index in [0.717, 1.165) is 5.69 Å². The van der Waals surface area contributed by atoms with Gasteiger partial charge < -0.3 is 25.3 Å². The van der Waals surface area contributed by atoms with Crippen LogP contribution in [-0.2, 0) is 16.1 Å². The van der Waals surface area contributed by atoms with Gasteiger partial charge in [0, 0.05) is 28.5 Å². The highest BCUT2D eigenvalue weighted by atomic mass is 16.5. The molecule has 0 aliphatic carbocycles. The molecule has 0 saturated carbocycles. The van der Waals surface area contributed by atoms with Gasteiger partial charge in [-0.2, -0.15) is 0 Å². The fourth-order valence-corrected chi connectivity index (χ4v) is 3.26. The van der Waals surface area contributed by atoms with Gasteiger partial charge in [0.1, 0.15) is 6.54 Å². The van der Waals surface area contributed by atoms with E-state index in [4.69, 9.17) is 4.74 Å². The number of nitrogens with one attached hydrogen (secondary N) is 3. The summed E-state index contributed by atoms with van der Waals surface area (Å²) in [5, 5.41) is 8.30. The van der Waals surface area contributed by atoms with Crippen LogP contribution in [0.4, 0.5) is 21.9 Å². The Morgan fingerprint density at radius 1 is 0.844 bits per heavy atom. The van der Waals surface area contributed by atoms with E-state index >= 15 is 0 Å². The van der Waals surface area contributed by atoms with Crippen molar-refractivity contribution in [1.82, 2.24) is 4.57 Å². The molecule has 166 valence electrons. The molecule has 2 aromatic carbocycles. The number of urea groups is 1. The number of benzene rings is 2. The molecular formula is C24H26N4O4.